The SMILES string of the molecule is Clc1ccc2oc(-c3ccc(NCc4cnc(Cl)s4)cc3)nc2c1. The molecule has 0 bridgehead atoms. The first kappa shape index (κ1) is 15.4. The Morgan fingerprint density at radius 1 is 1.08 bits per heavy atom. The van der Waals surface area contributed by atoms with Crippen LogP contribution in [0.3, 0.4) is 0 Å². The molecule has 4 nitrogen and oxygen atoms in total. The number of hydrogen-bond donors (Lipinski definition) is 1. The fourth-order valence-electron chi connectivity index (χ4n) is 2.31. The quantitative estimate of drug-likeness (QED) is 0.484. The summed E-state index contributed by atoms with van der Waals surface area (Å²) in [6, 6.07) is 13.3. The van der Waals surface area contributed by atoms with Crippen molar-refractivity contribution in [3.63, 3.8) is 0 Å². The van der Waals surface area contributed by atoms with E-state index >= 15 is 0 Å². The lowest BCUT2D eigenvalue weighted by Crippen LogP contribution is -1.96. The largest absolute Gasteiger partial charge is 0.436 e. The second kappa shape index (κ2) is 6.43. The average Bonchev–Trinajstić information content (AvgIpc) is 3.19. The van der Waals surface area contributed by atoms with E-state index < -0.39 is 0 Å². The predicted octanol–water partition coefficient (Wildman–Crippen LogP) is 5.87. The maximum absolute atomic E-state index is 5.98. The third-order valence-corrected chi connectivity index (χ3v) is 4.82. The number of benzene rings is 2. The van der Waals surface area contributed by atoms with E-state index in [-0.39, 0.29) is 0 Å². The fourth-order valence-corrected chi connectivity index (χ4v) is 3.39. The Balaban J connectivity index is 1.51. The highest BCUT2D eigenvalue weighted by atomic mass is 35.5. The summed E-state index contributed by atoms with van der Waals surface area (Å²) in [6.07, 6.45) is 1.78. The number of nitrogens with one attached hydrogen (secondary N) is 1. The van der Waals surface area contributed by atoms with Crippen LogP contribution < -0.4 is 5.32 Å². The molecule has 0 radical (unpaired) electrons. The van der Waals surface area contributed by atoms with E-state index in [9.17, 15) is 0 Å². The van der Waals surface area contributed by atoms with Crippen LogP contribution in [0, 0.1) is 0 Å². The summed E-state index contributed by atoms with van der Waals surface area (Å²) < 4.78 is 6.32. The fraction of sp³-hybridized carbons (Fsp3) is 0.0588. The van der Waals surface area contributed by atoms with Crippen molar-refractivity contribution in [2.24, 2.45) is 0 Å². The number of rotatable bonds is 4. The lowest BCUT2D eigenvalue weighted by molar-refractivity contribution is 0.620. The summed E-state index contributed by atoms with van der Waals surface area (Å²) in [5, 5.41) is 3.97. The number of halogens is 2. The van der Waals surface area contributed by atoms with Gasteiger partial charge in [-0.1, -0.05) is 23.2 Å². The molecule has 24 heavy (non-hydrogen) atoms. The van der Waals surface area contributed by atoms with E-state index in [1.54, 1.807) is 18.3 Å². The number of oxazole rings is 1. The van der Waals surface area contributed by atoms with Gasteiger partial charge in [-0.25, -0.2) is 9.97 Å². The van der Waals surface area contributed by atoms with Gasteiger partial charge in [0.2, 0.25) is 5.89 Å². The first-order valence-electron chi connectivity index (χ1n) is 7.18. The monoisotopic (exact) mass is 375 g/mol. The Bertz CT molecular complexity index is 995. The van der Waals surface area contributed by atoms with Crippen LogP contribution >= 0.6 is 34.5 Å². The van der Waals surface area contributed by atoms with Gasteiger partial charge >= 0.3 is 0 Å². The molecule has 120 valence electrons. The summed E-state index contributed by atoms with van der Waals surface area (Å²) in [4.78, 5) is 9.58. The smallest absolute Gasteiger partial charge is 0.227 e. The Hall–Kier alpha value is -2.08. The zero-order valence-electron chi connectivity index (χ0n) is 12.3. The zero-order valence-corrected chi connectivity index (χ0v) is 14.6. The first-order valence-corrected chi connectivity index (χ1v) is 8.75. The number of fused-ring (bicyclic) bond motifs is 1. The van der Waals surface area contributed by atoms with Crippen LogP contribution in [0.5, 0.6) is 0 Å². The second-order valence-electron chi connectivity index (χ2n) is 5.14. The Labute approximate surface area is 152 Å². The number of nitrogens with zero attached hydrogens (tertiary/aromatic N) is 2. The second-order valence-corrected chi connectivity index (χ2v) is 7.28. The molecule has 7 heteroatoms. The minimum atomic E-state index is 0.554. The predicted molar refractivity (Wildman–Crippen MR) is 98.9 cm³/mol. The zero-order chi connectivity index (χ0) is 16.5. The molecule has 0 aliphatic carbocycles. The summed E-state index contributed by atoms with van der Waals surface area (Å²) >= 11 is 13.3. The maximum Gasteiger partial charge on any atom is 0.227 e. The Morgan fingerprint density at radius 3 is 2.67 bits per heavy atom. The number of aromatic nitrogens is 2. The molecule has 4 rings (SSSR count). The van der Waals surface area contributed by atoms with Gasteiger partial charge < -0.3 is 9.73 Å². The number of thiazole rings is 1. The normalized spacial score (nSPS) is 11.1. The van der Waals surface area contributed by atoms with E-state index in [2.05, 4.69) is 15.3 Å². The molecule has 0 spiro atoms. The van der Waals surface area contributed by atoms with E-state index in [1.807, 2.05) is 30.3 Å². The minimum absolute atomic E-state index is 0.554. The standard InChI is InChI=1S/C17H11Cl2N3OS/c18-11-3-6-15-14(7-11)22-16(23-15)10-1-4-12(5-2-10)20-8-13-9-21-17(19)24-13/h1-7,9,20H,8H2. The molecule has 0 aliphatic rings. The van der Waals surface area contributed by atoms with Crippen molar-refractivity contribution in [2.75, 3.05) is 5.32 Å². The van der Waals surface area contributed by atoms with Crippen molar-refractivity contribution in [3.8, 4) is 11.5 Å². The van der Waals surface area contributed by atoms with Gasteiger partial charge in [0.1, 0.15) is 5.52 Å². The van der Waals surface area contributed by atoms with Gasteiger partial charge in [0, 0.05) is 27.3 Å². The van der Waals surface area contributed by atoms with Gasteiger partial charge in [0.15, 0.2) is 10.0 Å². The molecule has 0 saturated heterocycles. The molecule has 0 saturated carbocycles. The van der Waals surface area contributed by atoms with Gasteiger partial charge in [-0.15, -0.1) is 11.3 Å². The molecular formula is C17H11Cl2N3OS. The highest BCUT2D eigenvalue weighted by Gasteiger charge is 2.08. The molecule has 2 aromatic heterocycles. The summed E-state index contributed by atoms with van der Waals surface area (Å²) in [6.45, 7) is 0.686. The van der Waals surface area contributed by atoms with Crippen LogP contribution in [-0.2, 0) is 6.54 Å². The van der Waals surface area contributed by atoms with Crippen LogP contribution in [-0.4, -0.2) is 9.97 Å². The third kappa shape index (κ3) is 3.24. The van der Waals surface area contributed by atoms with Crippen LogP contribution in [0.2, 0.25) is 9.49 Å². The van der Waals surface area contributed by atoms with Crippen molar-refractivity contribution in [2.45, 2.75) is 6.54 Å². The summed E-state index contributed by atoms with van der Waals surface area (Å²) in [5.74, 6) is 0.577. The topological polar surface area (TPSA) is 51.0 Å². The highest BCUT2D eigenvalue weighted by Crippen LogP contribution is 2.27. The Morgan fingerprint density at radius 2 is 1.92 bits per heavy atom. The van der Waals surface area contributed by atoms with Crippen LogP contribution in [0.1, 0.15) is 4.88 Å². The number of hydrogen-bond acceptors (Lipinski definition) is 5. The van der Waals surface area contributed by atoms with Crippen LogP contribution in [0.4, 0.5) is 5.69 Å². The molecule has 4 aromatic rings. The molecule has 2 heterocycles. The van der Waals surface area contributed by atoms with E-state index in [4.69, 9.17) is 27.6 Å². The van der Waals surface area contributed by atoms with Gasteiger partial charge in [-0.2, -0.15) is 0 Å². The van der Waals surface area contributed by atoms with Crippen molar-refractivity contribution in [3.05, 3.63) is 63.0 Å². The van der Waals surface area contributed by atoms with Crippen molar-refractivity contribution < 1.29 is 4.42 Å². The van der Waals surface area contributed by atoms with Crippen molar-refractivity contribution in [1.82, 2.24) is 9.97 Å². The molecule has 1 N–H and O–H groups in total. The van der Waals surface area contributed by atoms with Crippen LogP contribution in [0.25, 0.3) is 22.6 Å². The highest BCUT2D eigenvalue weighted by molar-refractivity contribution is 7.15. The lowest BCUT2D eigenvalue weighted by Gasteiger charge is -2.04. The molecule has 0 amide bonds. The average molecular weight is 376 g/mol. The number of anilines is 1. The van der Waals surface area contributed by atoms with Gasteiger partial charge in [0.05, 0.1) is 6.54 Å². The van der Waals surface area contributed by atoms with E-state index in [0.717, 1.165) is 27.2 Å². The summed E-state index contributed by atoms with van der Waals surface area (Å²) in [5.41, 5.74) is 3.39. The molecule has 0 atom stereocenters. The van der Waals surface area contributed by atoms with E-state index in [0.29, 0.717) is 21.9 Å². The first-order chi connectivity index (χ1) is 11.7. The summed E-state index contributed by atoms with van der Waals surface area (Å²) in [7, 11) is 0. The van der Waals surface area contributed by atoms with Crippen molar-refractivity contribution >= 4 is 51.3 Å². The minimum Gasteiger partial charge on any atom is -0.436 e. The molecule has 2 aromatic carbocycles. The maximum atomic E-state index is 5.98. The molecule has 0 unspecified atom stereocenters. The lowest BCUT2D eigenvalue weighted by atomic mass is 10.2. The van der Waals surface area contributed by atoms with E-state index in [1.165, 1.54) is 11.3 Å². The van der Waals surface area contributed by atoms with Gasteiger partial charge in [-0.3, -0.25) is 0 Å². The van der Waals surface area contributed by atoms with Crippen molar-refractivity contribution in [1.29, 1.82) is 0 Å². The van der Waals surface area contributed by atoms with Gasteiger partial charge in [0.25, 0.3) is 0 Å². The molecule has 0 aliphatic heterocycles. The molecular weight excluding hydrogens is 365 g/mol. The Kier molecular flexibility index (Phi) is 4.14. The van der Waals surface area contributed by atoms with Gasteiger partial charge in [-0.05, 0) is 42.5 Å². The third-order valence-electron chi connectivity index (χ3n) is 3.47. The molecule has 0 fully saturated rings. The van der Waals surface area contributed by atoms with Crippen LogP contribution in [0.15, 0.2) is 53.1 Å².